The fourth-order valence-electron chi connectivity index (χ4n) is 4.10. The molecule has 0 rings (SSSR count). The third kappa shape index (κ3) is 23.7. The molecule has 2 heteroatoms. The first-order chi connectivity index (χ1) is 14.7. The van der Waals surface area contributed by atoms with Crippen LogP contribution < -0.4 is 0 Å². The molecule has 0 amide bonds. The van der Waals surface area contributed by atoms with E-state index in [0.29, 0.717) is 6.42 Å². The van der Waals surface area contributed by atoms with Gasteiger partial charge in [0.25, 0.3) is 0 Å². The van der Waals surface area contributed by atoms with Crippen LogP contribution in [0.1, 0.15) is 162 Å². The molecule has 0 aliphatic carbocycles. The van der Waals surface area contributed by atoms with Gasteiger partial charge in [-0.3, -0.25) is 4.79 Å². The zero-order chi connectivity index (χ0) is 22.1. The fourth-order valence-corrected chi connectivity index (χ4v) is 4.10. The molecule has 0 N–H and O–H groups in total. The molecule has 0 fully saturated rings. The smallest absolute Gasteiger partial charge is 0.306 e. The quantitative estimate of drug-likeness (QED) is 0.114. The summed E-state index contributed by atoms with van der Waals surface area (Å²) in [7, 11) is 0. The number of rotatable bonds is 24. The molecule has 30 heavy (non-hydrogen) atoms. The summed E-state index contributed by atoms with van der Waals surface area (Å²) < 4.78 is 5.47. The van der Waals surface area contributed by atoms with Crippen molar-refractivity contribution in [2.75, 3.05) is 0 Å². The topological polar surface area (TPSA) is 26.3 Å². The number of esters is 1. The second-order valence-corrected chi connectivity index (χ2v) is 9.37. The molecule has 0 aromatic rings. The molecule has 2 nitrogen and oxygen atoms in total. The van der Waals surface area contributed by atoms with Gasteiger partial charge in [0.2, 0.25) is 0 Å². The zero-order valence-electron chi connectivity index (χ0n) is 20.9. The molecule has 1 atom stereocenters. The van der Waals surface area contributed by atoms with Gasteiger partial charge in [-0.1, -0.05) is 136 Å². The van der Waals surface area contributed by atoms with Gasteiger partial charge in [-0.2, -0.15) is 0 Å². The second-order valence-electron chi connectivity index (χ2n) is 9.37. The summed E-state index contributed by atoms with van der Waals surface area (Å²) in [6.07, 6.45) is 29.1. The number of unbranched alkanes of at least 4 members (excludes halogenated alkanes) is 19. The van der Waals surface area contributed by atoms with Gasteiger partial charge >= 0.3 is 5.97 Å². The molecule has 0 aromatic carbocycles. The minimum Gasteiger partial charge on any atom is -0.462 e. The third-order valence-electron chi connectivity index (χ3n) is 6.16. The normalized spacial score (nSPS) is 12.2. The van der Waals surface area contributed by atoms with Gasteiger partial charge in [-0.15, -0.1) is 0 Å². The SMILES string of the molecule is [CH2]C(CCCCCCCCCCCC)OC(=O)CCCCCCCCCCCCC. The number of hydrogen-bond acceptors (Lipinski definition) is 2. The summed E-state index contributed by atoms with van der Waals surface area (Å²) in [5, 5.41) is 0. The summed E-state index contributed by atoms with van der Waals surface area (Å²) >= 11 is 0. The van der Waals surface area contributed by atoms with Crippen LogP contribution in [0.15, 0.2) is 0 Å². The van der Waals surface area contributed by atoms with E-state index in [1.165, 1.54) is 116 Å². The van der Waals surface area contributed by atoms with E-state index in [1.54, 1.807) is 0 Å². The maximum Gasteiger partial charge on any atom is 0.306 e. The van der Waals surface area contributed by atoms with Crippen molar-refractivity contribution in [3.05, 3.63) is 6.92 Å². The minimum absolute atomic E-state index is 0.0435. The number of carbonyl (C=O) groups excluding carboxylic acids is 1. The summed E-state index contributed by atoms with van der Waals surface area (Å²) in [5.74, 6) is -0.0435. The molecule has 0 aliphatic rings. The highest BCUT2D eigenvalue weighted by atomic mass is 16.5. The Bertz CT molecular complexity index is 340. The van der Waals surface area contributed by atoms with Gasteiger partial charge < -0.3 is 4.74 Å². The fraction of sp³-hybridized carbons (Fsp3) is 0.929. The van der Waals surface area contributed by atoms with Gasteiger partial charge in [0.1, 0.15) is 6.10 Å². The van der Waals surface area contributed by atoms with E-state index < -0.39 is 0 Å². The minimum atomic E-state index is -0.153. The van der Waals surface area contributed by atoms with E-state index in [9.17, 15) is 4.79 Å². The van der Waals surface area contributed by atoms with Crippen LogP contribution in [0.5, 0.6) is 0 Å². The molecular formula is C28H55O2. The van der Waals surface area contributed by atoms with Crippen LogP contribution in [0.2, 0.25) is 0 Å². The van der Waals surface area contributed by atoms with Crippen LogP contribution in [0.25, 0.3) is 0 Å². The molecule has 1 unspecified atom stereocenters. The van der Waals surface area contributed by atoms with Crippen molar-refractivity contribution in [1.29, 1.82) is 0 Å². The molecule has 0 saturated heterocycles. The van der Waals surface area contributed by atoms with Crippen LogP contribution in [0, 0.1) is 6.92 Å². The average Bonchev–Trinajstić information content (AvgIpc) is 2.73. The number of ether oxygens (including phenoxy) is 1. The van der Waals surface area contributed by atoms with Crippen molar-refractivity contribution in [2.45, 2.75) is 168 Å². The van der Waals surface area contributed by atoms with Crippen LogP contribution in [-0.2, 0) is 9.53 Å². The van der Waals surface area contributed by atoms with Crippen LogP contribution in [0.4, 0.5) is 0 Å². The first-order valence-electron chi connectivity index (χ1n) is 13.7. The van der Waals surface area contributed by atoms with Crippen molar-refractivity contribution in [3.8, 4) is 0 Å². The Morgan fingerprint density at radius 1 is 0.567 bits per heavy atom. The Labute approximate surface area is 190 Å². The molecule has 1 radical (unpaired) electrons. The molecule has 0 heterocycles. The van der Waals surface area contributed by atoms with Crippen molar-refractivity contribution in [3.63, 3.8) is 0 Å². The summed E-state index contributed by atoms with van der Waals surface area (Å²) in [5.41, 5.74) is 0. The molecular weight excluding hydrogens is 368 g/mol. The standard InChI is InChI=1S/C28H55O2/c1-4-6-8-10-12-14-16-18-20-22-24-26-28(29)30-27(3)25-23-21-19-17-15-13-11-9-7-5-2/h27H,3-26H2,1-2H3. The summed E-state index contributed by atoms with van der Waals surface area (Å²) in [4.78, 5) is 11.9. The molecule has 0 bridgehead atoms. The van der Waals surface area contributed by atoms with Crippen molar-refractivity contribution < 1.29 is 9.53 Å². The third-order valence-corrected chi connectivity index (χ3v) is 6.16. The first-order valence-corrected chi connectivity index (χ1v) is 13.7. The highest BCUT2D eigenvalue weighted by Gasteiger charge is 2.09. The Morgan fingerprint density at radius 3 is 1.30 bits per heavy atom. The molecule has 0 aromatic heterocycles. The van der Waals surface area contributed by atoms with E-state index in [1.807, 2.05) is 0 Å². The predicted molar refractivity (Wildman–Crippen MR) is 133 cm³/mol. The van der Waals surface area contributed by atoms with Crippen molar-refractivity contribution in [2.24, 2.45) is 0 Å². The monoisotopic (exact) mass is 423 g/mol. The Balaban J connectivity index is 3.30. The second kappa shape index (κ2) is 24.7. The van der Waals surface area contributed by atoms with E-state index in [2.05, 4.69) is 20.8 Å². The Kier molecular flexibility index (Phi) is 24.3. The summed E-state index contributed by atoms with van der Waals surface area (Å²) in [6, 6.07) is 0. The summed E-state index contributed by atoms with van der Waals surface area (Å²) in [6.45, 7) is 8.55. The molecule has 179 valence electrons. The highest BCUT2D eigenvalue weighted by Crippen LogP contribution is 2.14. The van der Waals surface area contributed by atoms with E-state index in [0.717, 1.165) is 25.7 Å². The zero-order valence-corrected chi connectivity index (χ0v) is 20.9. The lowest BCUT2D eigenvalue weighted by molar-refractivity contribution is -0.147. The lowest BCUT2D eigenvalue weighted by atomic mass is 10.0. The lowest BCUT2D eigenvalue weighted by Gasteiger charge is -2.13. The number of carbonyl (C=O) groups is 1. The van der Waals surface area contributed by atoms with Gasteiger partial charge in [0, 0.05) is 6.42 Å². The number of hydrogen-bond donors (Lipinski definition) is 0. The van der Waals surface area contributed by atoms with Gasteiger partial charge in [0.05, 0.1) is 0 Å². The van der Waals surface area contributed by atoms with E-state index in [-0.39, 0.29) is 12.1 Å². The largest absolute Gasteiger partial charge is 0.462 e. The van der Waals surface area contributed by atoms with E-state index >= 15 is 0 Å². The molecule has 0 spiro atoms. The van der Waals surface area contributed by atoms with E-state index in [4.69, 9.17) is 4.74 Å². The van der Waals surface area contributed by atoms with Gasteiger partial charge in [0.15, 0.2) is 0 Å². The van der Waals surface area contributed by atoms with Gasteiger partial charge in [-0.25, -0.2) is 0 Å². The molecule has 0 aliphatic heterocycles. The van der Waals surface area contributed by atoms with Crippen molar-refractivity contribution in [1.82, 2.24) is 0 Å². The van der Waals surface area contributed by atoms with Crippen LogP contribution in [0.3, 0.4) is 0 Å². The van der Waals surface area contributed by atoms with Crippen molar-refractivity contribution >= 4 is 5.97 Å². The first kappa shape index (κ1) is 29.5. The predicted octanol–water partition coefficient (Wildman–Crippen LogP) is 9.74. The van der Waals surface area contributed by atoms with Crippen LogP contribution in [-0.4, -0.2) is 12.1 Å². The average molecular weight is 424 g/mol. The Morgan fingerprint density at radius 2 is 0.900 bits per heavy atom. The van der Waals surface area contributed by atoms with Gasteiger partial charge in [-0.05, 0) is 26.2 Å². The lowest BCUT2D eigenvalue weighted by Crippen LogP contribution is -2.14. The molecule has 0 saturated carbocycles. The maximum atomic E-state index is 11.9. The van der Waals surface area contributed by atoms with Crippen LogP contribution >= 0.6 is 0 Å². The highest BCUT2D eigenvalue weighted by molar-refractivity contribution is 5.69. The maximum absolute atomic E-state index is 11.9. The Hall–Kier alpha value is -0.530.